The smallest absolute Gasteiger partial charge is 0.319 e. The molecule has 0 atom stereocenters. The largest absolute Gasteiger partial charge is 0.496 e. The van der Waals surface area contributed by atoms with E-state index in [9.17, 15) is 9.59 Å². The van der Waals surface area contributed by atoms with Crippen LogP contribution in [0.4, 0.5) is 0 Å². The maximum absolute atomic E-state index is 12.5. The van der Waals surface area contributed by atoms with Crippen LogP contribution in [0, 0.1) is 0 Å². The molecule has 0 saturated heterocycles. The molecule has 0 aliphatic heterocycles. The number of esters is 1. The molecule has 3 rings (SSSR count). The summed E-state index contributed by atoms with van der Waals surface area (Å²) in [6.45, 7) is -0.0231. The van der Waals surface area contributed by atoms with Gasteiger partial charge in [0.1, 0.15) is 17.7 Å². The number of benzene rings is 2. The summed E-state index contributed by atoms with van der Waals surface area (Å²) >= 11 is 0. The zero-order valence-corrected chi connectivity index (χ0v) is 20.3. The van der Waals surface area contributed by atoms with Crippen molar-refractivity contribution < 1.29 is 37.8 Å². The van der Waals surface area contributed by atoms with Gasteiger partial charge in [-0.05, 0) is 29.8 Å². The van der Waals surface area contributed by atoms with E-state index in [1.54, 1.807) is 25.3 Å². The number of Topliss-reactive ketones (excluding diaryl/α,β-unsaturated/α-hetero) is 1. The Morgan fingerprint density at radius 2 is 1.54 bits per heavy atom. The maximum Gasteiger partial charge on any atom is 0.319 e. The van der Waals surface area contributed by atoms with Crippen LogP contribution >= 0.6 is 0 Å². The molecule has 0 amide bonds. The molecule has 0 unspecified atom stereocenters. The second-order valence-electron chi connectivity index (χ2n) is 7.41. The van der Waals surface area contributed by atoms with Gasteiger partial charge in [0.2, 0.25) is 5.75 Å². The molecule has 10 heteroatoms. The van der Waals surface area contributed by atoms with Crippen LogP contribution in [0.3, 0.4) is 0 Å². The third kappa shape index (κ3) is 5.90. The van der Waals surface area contributed by atoms with Gasteiger partial charge in [0, 0.05) is 23.1 Å². The van der Waals surface area contributed by atoms with E-state index in [0.29, 0.717) is 45.4 Å². The Balaban J connectivity index is 1.92. The van der Waals surface area contributed by atoms with Gasteiger partial charge >= 0.3 is 5.97 Å². The fourth-order valence-electron chi connectivity index (χ4n) is 3.60. The van der Waals surface area contributed by atoms with Crippen molar-refractivity contribution in [3.63, 3.8) is 0 Å². The summed E-state index contributed by atoms with van der Waals surface area (Å²) in [6.07, 6.45) is 1.64. The minimum absolute atomic E-state index is 0.0203. The number of ether oxygens (including phenoxy) is 5. The van der Waals surface area contributed by atoms with Crippen molar-refractivity contribution in [2.24, 2.45) is 0 Å². The Labute approximate surface area is 203 Å². The van der Waals surface area contributed by atoms with Crippen molar-refractivity contribution >= 4 is 11.8 Å². The standard InChI is InChI=1S/C25H28N2O8/c1-30-20-7-6-15(8-16(20)9-18(28)12-26-13-23(29)33-4)19-14-35-27-24(19)17-10-21(31-2)25(34-5)22(11-17)32-3/h6-8,10-11,14,26H,9,12-13H2,1-5H3. The van der Waals surface area contributed by atoms with Crippen molar-refractivity contribution in [3.8, 4) is 45.4 Å². The van der Waals surface area contributed by atoms with Gasteiger partial charge in [0.15, 0.2) is 17.3 Å². The Morgan fingerprint density at radius 3 is 2.14 bits per heavy atom. The zero-order valence-electron chi connectivity index (χ0n) is 20.3. The zero-order chi connectivity index (χ0) is 25.4. The van der Waals surface area contributed by atoms with Crippen LogP contribution < -0.4 is 24.3 Å². The maximum atomic E-state index is 12.5. The number of hydrogen-bond donors (Lipinski definition) is 1. The highest BCUT2D eigenvalue weighted by atomic mass is 16.5. The van der Waals surface area contributed by atoms with Crippen LogP contribution in [0.1, 0.15) is 5.56 Å². The number of nitrogens with zero attached hydrogens (tertiary/aromatic N) is 1. The summed E-state index contributed by atoms with van der Waals surface area (Å²) in [5, 5.41) is 6.96. The summed E-state index contributed by atoms with van der Waals surface area (Å²) in [7, 11) is 7.44. The Kier molecular flexibility index (Phi) is 8.69. The first-order chi connectivity index (χ1) is 16.9. The van der Waals surface area contributed by atoms with Crippen LogP contribution in [-0.2, 0) is 20.7 Å². The van der Waals surface area contributed by atoms with E-state index in [1.807, 2.05) is 12.1 Å². The molecule has 0 spiro atoms. The van der Waals surface area contributed by atoms with Gasteiger partial charge in [-0.1, -0.05) is 11.2 Å². The van der Waals surface area contributed by atoms with E-state index >= 15 is 0 Å². The molecule has 0 radical (unpaired) electrons. The third-order valence-electron chi connectivity index (χ3n) is 5.31. The van der Waals surface area contributed by atoms with Crippen molar-refractivity contribution in [3.05, 3.63) is 42.2 Å². The van der Waals surface area contributed by atoms with Gasteiger partial charge in [0.25, 0.3) is 0 Å². The van der Waals surface area contributed by atoms with Gasteiger partial charge in [-0.25, -0.2) is 0 Å². The first kappa shape index (κ1) is 25.6. The molecule has 2 aromatic carbocycles. The average Bonchev–Trinajstić information content (AvgIpc) is 3.37. The minimum atomic E-state index is -0.441. The Bertz CT molecular complexity index is 1160. The normalized spacial score (nSPS) is 10.5. The van der Waals surface area contributed by atoms with Gasteiger partial charge in [0.05, 0.1) is 48.6 Å². The molecule has 0 fully saturated rings. The van der Waals surface area contributed by atoms with Crippen LogP contribution in [0.2, 0.25) is 0 Å². The SMILES string of the molecule is COC(=O)CNCC(=O)Cc1cc(-c2conc2-c2cc(OC)c(OC)c(OC)c2)ccc1OC. The topological polar surface area (TPSA) is 118 Å². The van der Waals surface area contributed by atoms with Crippen molar-refractivity contribution in [2.45, 2.75) is 6.42 Å². The van der Waals surface area contributed by atoms with E-state index in [-0.39, 0.29) is 25.3 Å². The summed E-state index contributed by atoms with van der Waals surface area (Å²) in [5.41, 5.74) is 3.43. The van der Waals surface area contributed by atoms with E-state index in [4.69, 9.17) is 23.5 Å². The van der Waals surface area contributed by atoms with E-state index in [0.717, 1.165) is 5.56 Å². The lowest BCUT2D eigenvalue weighted by Crippen LogP contribution is -2.30. The monoisotopic (exact) mass is 484 g/mol. The van der Waals surface area contributed by atoms with Gasteiger partial charge < -0.3 is 33.5 Å². The Morgan fingerprint density at radius 1 is 0.857 bits per heavy atom. The van der Waals surface area contributed by atoms with Crippen LogP contribution in [0.5, 0.6) is 23.0 Å². The van der Waals surface area contributed by atoms with Crippen LogP contribution in [-0.4, -0.2) is 65.5 Å². The first-order valence-electron chi connectivity index (χ1n) is 10.7. The molecule has 0 bridgehead atoms. The number of nitrogens with one attached hydrogen (secondary N) is 1. The number of carbonyl (C=O) groups excluding carboxylic acids is 2. The fourth-order valence-corrected chi connectivity index (χ4v) is 3.60. The van der Waals surface area contributed by atoms with Gasteiger partial charge in [-0.3, -0.25) is 9.59 Å². The third-order valence-corrected chi connectivity index (χ3v) is 5.31. The number of methoxy groups -OCH3 is 5. The van der Waals surface area contributed by atoms with Crippen molar-refractivity contribution in [1.29, 1.82) is 0 Å². The molecule has 1 heterocycles. The molecule has 10 nitrogen and oxygen atoms in total. The molecular formula is C25H28N2O8. The number of hydrogen-bond acceptors (Lipinski definition) is 10. The van der Waals surface area contributed by atoms with E-state index < -0.39 is 5.97 Å². The second kappa shape index (κ2) is 11.9. The number of rotatable bonds is 12. The fraction of sp³-hybridized carbons (Fsp3) is 0.320. The molecule has 35 heavy (non-hydrogen) atoms. The van der Waals surface area contributed by atoms with E-state index in [1.165, 1.54) is 34.7 Å². The first-order valence-corrected chi connectivity index (χ1v) is 10.7. The predicted octanol–water partition coefficient (Wildman–Crippen LogP) is 2.92. The molecule has 1 N–H and O–H groups in total. The molecule has 186 valence electrons. The van der Waals surface area contributed by atoms with Crippen LogP contribution in [0.15, 0.2) is 41.1 Å². The highest BCUT2D eigenvalue weighted by Gasteiger charge is 2.20. The highest BCUT2D eigenvalue weighted by Crippen LogP contribution is 2.43. The number of carbonyl (C=O) groups is 2. The number of ketones is 1. The quantitative estimate of drug-likeness (QED) is 0.384. The van der Waals surface area contributed by atoms with Crippen LogP contribution in [0.25, 0.3) is 22.4 Å². The summed E-state index contributed by atoms with van der Waals surface area (Å²) in [4.78, 5) is 23.7. The summed E-state index contributed by atoms with van der Waals surface area (Å²) in [6, 6.07) is 9.06. The summed E-state index contributed by atoms with van der Waals surface area (Å²) in [5.74, 6) is 1.45. The molecular weight excluding hydrogens is 456 g/mol. The van der Waals surface area contributed by atoms with Gasteiger partial charge in [-0.15, -0.1) is 0 Å². The predicted molar refractivity (Wildman–Crippen MR) is 127 cm³/mol. The van der Waals surface area contributed by atoms with Crippen molar-refractivity contribution in [1.82, 2.24) is 10.5 Å². The molecule has 1 aromatic heterocycles. The minimum Gasteiger partial charge on any atom is -0.496 e. The molecule has 0 saturated carbocycles. The van der Waals surface area contributed by atoms with Gasteiger partial charge in [-0.2, -0.15) is 0 Å². The second-order valence-corrected chi connectivity index (χ2v) is 7.41. The summed E-state index contributed by atoms with van der Waals surface area (Å²) < 4.78 is 31.6. The van der Waals surface area contributed by atoms with Crippen molar-refractivity contribution in [2.75, 3.05) is 48.6 Å². The molecule has 0 aliphatic rings. The van der Waals surface area contributed by atoms with E-state index in [2.05, 4.69) is 15.2 Å². The lowest BCUT2D eigenvalue weighted by atomic mass is 9.97. The molecule has 0 aliphatic carbocycles. The Hall–Kier alpha value is -4.05. The lowest BCUT2D eigenvalue weighted by molar-refractivity contribution is -0.139. The average molecular weight is 485 g/mol. The molecule has 3 aromatic rings. The highest BCUT2D eigenvalue weighted by molar-refractivity contribution is 5.86. The number of aromatic nitrogens is 1. The lowest BCUT2D eigenvalue weighted by Gasteiger charge is -2.14.